The second-order valence-electron chi connectivity index (χ2n) is 8.06. The van der Waals surface area contributed by atoms with Gasteiger partial charge in [-0.1, -0.05) is 57.9 Å². The Bertz CT molecular complexity index is 788. The number of halogens is 2. The van der Waals surface area contributed by atoms with E-state index in [0.717, 1.165) is 54.0 Å². The fourth-order valence-corrected chi connectivity index (χ4v) is 5.69. The van der Waals surface area contributed by atoms with Gasteiger partial charge < -0.3 is 10.0 Å². The fourth-order valence-electron chi connectivity index (χ4n) is 4.82. The Morgan fingerprint density at radius 2 is 1.74 bits per heavy atom. The highest BCUT2D eigenvalue weighted by molar-refractivity contribution is 9.10. The zero-order valence-corrected chi connectivity index (χ0v) is 17.9. The van der Waals surface area contributed by atoms with Crippen LogP contribution in [0.5, 0.6) is 0 Å². The van der Waals surface area contributed by atoms with Gasteiger partial charge in [0.15, 0.2) is 0 Å². The number of fused-ring (bicyclic) bond motifs is 1. The van der Waals surface area contributed by atoms with Gasteiger partial charge in [0.25, 0.3) is 0 Å². The first kappa shape index (κ1) is 19.4. The minimum absolute atomic E-state index is 0.342. The Kier molecular flexibility index (Phi) is 6.23. The molecule has 1 saturated heterocycles. The molecule has 4 rings (SSSR count). The van der Waals surface area contributed by atoms with Crippen LogP contribution < -0.4 is 0 Å². The van der Waals surface area contributed by atoms with Crippen molar-refractivity contribution in [1.29, 1.82) is 0 Å². The van der Waals surface area contributed by atoms with Gasteiger partial charge in [-0.25, -0.2) is 0 Å². The molecular formula is C23H27BrClNO. The molecule has 0 spiro atoms. The number of aliphatic hydroxyl groups is 1. The Morgan fingerprint density at radius 3 is 2.52 bits per heavy atom. The summed E-state index contributed by atoms with van der Waals surface area (Å²) in [6.45, 7) is 3.34. The Labute approximate surface area is 175 Å². The summed E-state index contributed by atoms with van der Waals surface area (Å²) >= 11 is 10.1. The molecular weight excluding hydrogens is 422 g/mol. The van der Waals surface area contributed by atoms with Gasteiger partial charge in [-0.05, 0) is 85.9 Å². The predicted octanol–water partition coefficient (Wildman–Crippen LogP) is 5.97. The largest absolute Gasteiger partial charge is 0.388 e. The number of aliphatic hydroxyl groups excluding tert-OH is 1. The molecule has 1 aliphatic carbocycles. The first-order valence-corrected chi connectivity index (χ1v) is 11.2. The number of likely N-dealkylation sites (tertiary alicyclic amines) is 1. The van der Waals surface area contributed by atoms with Crippen LogP contribution in [0.15, 0.2) is 46.9 Å². The van der Waals surface area contributed by atoms with Gasteiger partial charge in [-0.3, -0.25) is 0 Å². The highest BCUT2D eigenvalue weighted by Crippen LogP contribution is 2.37. The number of nitrogens with zero attached hydrogens (tertiary/aromatic N) is 1. The number of rotatable bonds is 3. The summed E-state index contributed by atoms with van der Waals surface area (Å²) in [5, 5.41) is 11.6. The van der Waals surface area contributed by atoms with Crippen molar-refractivity contribution >= 4 is 27.5 Å². The topological polar surface area (TPSA) is 23.5 Å². The van der Waals surface area contributed by atoms with E-state index in [1.807, 2.05) is 18.2 Å². The lowest BCUT2D eigenvalue weighted by Crippen LogP contribution is -2.37. The predicted molar refractivity (Wildman–Crippen MR) is 115 cm³/mol. The van der Waals surface area contributed by atoms with Gasteiger partial charge in [0.1, 0.15) is 0 Å². The monoisotopic (exact) mass is 447 g/mol. The van der Waals surface area contributed by atoms with Gasteiger partial charge in [-0.15, -0.1) is 0 Å². The first-order chi connectivity index (χ1) is 13.1. The molecule has 0 aromatic heterocycles. The van der Waals surface area contributed by atoms with E-state index in [1.165, 1.54) is 24.0 Å². The number of benzene rings is 2. The van der Waals surface area contributed by atoms with Gasteiger partial charge in [0.05, 0.1) is 6.10 Å². The molecule has 2 aromatic carbocycles. The van der Waals surface area contributed by atoms with Crippen molar-refractivity contribution in [2.24, 2.45) is 5.92 Å². The van der Waals surface area contributed by atoms with Crippen molar-refractivity contribution in [3.63, 3.8) is 0 Å². The molecule has 2 nitrogen and oxygen atoms in total. The van der Waals surface area contributed by atoms with Crippen molar-refractivity contribution in [1.82, 2.24) is 4.90 Å². The second-order valence-corrected chi connectivity index (χ2v) is 9.32. The third-order valence-corrected chi connectivity index (χ3v) is 7.41. The van der Waals surface area contributed by atoms with Gasteiger partial charge >= 0.3 is 0 Å². The molecule has 144 valence electrons. The molecule has 2 unspecified atom stereocenters. The van der Waals surface area contributed by atoms with E-state index in [2.05, 4.69) is 45.1 Å². The SMILES string of the molecule is OC1CC(CN2CCC(c3ccccc3Cl)CC2)CCc2c(Br)cccc21. The van der Waals surface area contributed by atoms with Crippen LogP contribution in [0.1, 0.15) is 54.4 Å². The summed E-state index contributed by atoms with van der Waals surface area (Å²) in [4.78, 5) is 2.59. The standard InChI is InChI=1S/C23H27BrClNO/c24-21-6-3-5-20-19(21)9-8-16(14-23(20)27)15-26-12-10-17(11-13-26)18-4-1-2-7-22(18)25/h1-7,16-17,23,27H,8-15H2. The van der Waals surface area contributed by atoms with Crippen LogP contribution in [0.4, 0.5) is 0 Å². The summed E-state index contributed by atoms with van der Waals surface area (Å²) in [6, 6.07) is 14.5. The lowest BCUT2D eigenvalue weighted by molar-refractivity contribution is 0.117. The normalized spacial score (nSPS) is 24.4. The fraction of sp³-hybridized carbons (Fsp3) is 0.478. The highest BCUT2D eigenvalue weighted by Gasteiger charge is 2.28. The second kappa shape index (κ2) is 8.65. The average molecular weight is 449 g/mol. The molecule has 0 radical (unpaired) electrons. The summed E-state index contributed by atoms with van der Waals surface area (Å²) < 4.78 is 1.14. The van der Waals surface area contributed by atoms with Crippen LogP contribution in [0, 0.1) is 5.92 Å². The van der Waals surface area contributed by atoms with Crippen LogP contribution in [-0.4, -0.2) is 29.6 Å². The lowest BCUT2D eigenvalue weighted by atomic mass is 9.88. The summed E-state index contributed by atoms with van der Waals surface area (Å²) in [5.41, 5.74) is 3.72. The van der Waals surface area contributed by atoms with Crippen molar-refractivity contribution in [3.8, 4) is 0 Å². The van der Waals surface area contributed by atoms with E-state index in [-0.39, 0.29) is 6.10 Å². The lowest BCUT2D eigenvalue weighted by Gasteiger charge is -2.35. The minimum atomic E-state index is -0.342. The third-order valence-electron chi connectivity index (χ3n) is 6.32. The molecule has 0 amide bonds. The summed E-state index contributed by atoms with van der Waals surface area (Å²) in [6.07, 6.45) is 5.07. The van der Waals surface area contributed by atoms with E-state index in [1.54, 1.807) is 0 Å². The molecule has 27 heavy (non-hydrogen) atoms. The number of hydrogen-bond donors (Lipinski definition) is 1. The van der Waals surface area contributed by atoms with Crippen LogP contribution in [0.3, 0.4) is 0 Å². The highest BCUT2D eigenvalue weighted by atomic mass is 79.9. The maximum absolute atomic E-state index is 10.7. The molecule has 2 aliphatic rings. The van der Waals surface area contributed by atoms with Crippen LogP contribution in [0.25, 0.3) is 0 Å². The maximum atomic E-state index is 10.7. The van der Waals surface area contributed by atoms with E-state index in [0.29, 0.717) is 11.8 Å². The minimum Gasteiger partial charge on any atom is -0.388 e. The van der Waals surface area contributed by atoms with Gasteiger partial charge in [-0.2, -0.15) is 0 Å². The van der Waals surface area contributed by atoms with Gasteiger partial charge in [0, 0.05) is 16.0 Å². The quantitative estimate of drug-likeness (QED) is 0.585. The zero-order valence-electron chi connectivity index (χ0n) is 15.6. The van der Waals surface area contributed by atoms with Crippen LogP contribution >= 0.6 is 27.5 Å². The zero-order chi connectivity index (χ0) is 18.8. The Morgan fingerprint density at radius 1 is 1.00 bits per heavy atom. The van der Waals surface area contributed by atoms with Crippen molar-refractivity contribution in [3.05, 3.63) is 68.7 Å². The average Bonchev–Trinajstić information content (AvgIpc) is 2.83. The molecule has 1 aliphatic heterocycles. The Balaban J connectivity index is 1.35. The third kappa shape index (κ3) is 4.42. The first-order valence-electron chi connectivity index (χ1n) is 10.0. The molecule has 2 aromatic rings. The molecule has 0 bridgehead atoms. The molecule has 0 saturated carbocycles. The van der Waals surface area contributed by atoms with Crippen molar-refractivity contribution < 1.29 is 5.11 Å². The molecule has 1 N–H and O–H groups in total. The molecule has 1 fully saturated rings. The number of hydrogen-bond acceptors (Lipinski definition) is 2. The molecule has 2 atom stereocenters. The van der Waals surface area contributed by atoms with Crippen molar-refractivity contribution in [2.75, 3.05) is 19.6 Å². The van der Waals surface area contributed by atoms with E-state index in [4.69, 9.17) is 11.6 Å². The van der Waals surface area contributed by atoms with E-state index >= 15 is 0 Å². The van der Waals surface area contributed by atoms with E-state index in [9.17, 15) is 5.11 Å². The maximum Gasteiger partial charge on any atom is 0.0796 e. The van der Waals surface area contributed by atoms with Crippen LogP contribution in [0.2, 0.25) is 5.02 Å². The summed E-state index contributed by atoms with van der Waals surface area (Å²) in [5.74, 6) is 1.13. The molecule has 1 heterocycles. The Hall–Kier alpha value is -0.870. The smallest absolute Gasteiger partial charge is 0.0796 e. The van der Waals surface area contributed by atoms with E-state index < -0.39 is 0 Å². The van der Waals surface area contributed by atoms with Gasteiger partial charge in [0.2, 0.25) is 0 Å². The van der Waals surface area contributed by atoms with Crippen molar-refractivity contribution in [2.45, 2.75) is 44.1 Å². The summed E-state index contributed by atoms with van der Waals surface area (Å²) in [7, 11) is 0. The molecule has 4 heteroatoms. The number of piperidine rings is 1. The van der Waals surface area contributed by atoms with Crippen LogP contribution in [-0.2, 0) is 6.42 Å².